The third-order valence-corrected chi connectivity index (χ3v) is 5.64. The number of aliphatic hydroxyl groups is 4. The first kappa shape index (κ1) is 20.8. The number of H-pyrrole nitrogens is 1. The highest BCUT2D eigenvalue weighted by molar-refractivity contribution is 5.89. The molecule has 30 heavy (non-hydrogen) atoms. The predicted molar refractivity (Wildman–Crippen MR) is 111 cm³/mol. The molecule has 2 heterocycles. The summed E-state index contributed by atoms with van der Waals surface area (Å²) in [7, 11) is 0. The van der Waals surface area contributed by atoms with Gasteiger partial charge >= 0.3 is 0 Å². The fraction of sp³-hybridized carbons (Fsp3) is 0.391. The second kappa shape index (κ2) is 8.75. The van der Waals surface area contributed by atoms with E-state index >= 15 is 0 Å². The van der Waals surface area contributed by atoms with Gasteiger partial charge in [-0.25, -0.2) is 0 Å². The maximum atomic E-state index is 10.3. The second-order valence-electron chi connectivity index (χ2n) is 7.79. The van der Waals surface area contributed by atoms with Crippen LogP contribution in [-0.4, -0.2) is 62.7 Å². The molecule has 0 spiro atoms. The highest BCUT2D eigenvalue weighted by atomic mass is 16.7. The molecular weight excluding hydrogens is 386 g/mol. The number of aliphatic hydroxyl groups excluding tert-OH is 4. The molecule has 7 nitrogen and oxygen atoms in total. The SMILES string of the molecule is Cc1ccc(CCc2c[nH]c3cccc(O[C@@H]4O[C@H](CO)[C@@H](O)[C@H](O)[C@H]4O)c23)cc1. The van der Waals surface area contributed by atoms with Crippen molar-refractivity contribution < 1.29 is 29.9 Å². The summed E-state index contributed by atoms with van der Waals surface area (Å²) < 4.78 is 11.4. The molecule has 1 aliphatic rings. The van der Waals surface area contributed by atoms with Gasteiger partial charge in [-0.1, -0.05) is 35.9 Å². The molecule has 0 amide bonds. The van der Waals surface area contributed by atoms with E-state index in [1.807, 2.05) is 18.3 Å². The quantitative estimate of drug-likeness (QED) is 0.418. The Morgan fingerprint density at radius 2 is 1.73 bits per heavy atom. The van der Waals surface area contributed by atoms with Gasteiger partial charge in [0.15, 0.2) is 0 Å². The number of aryl methyl sites for hydroxylation is 3. The van der Waals surface area contributed by atoms with E-state index < -0.39 is 37.3 Å². The van der Waals surface area contributed by atoms with Crippen molar-refractivity contribution in [3.8, 4) is 5.75 Å². The van der Waals surface area contributed by atoms with Crippen molar-refractivity contribution in [2.45, 2.75) is 50.5 Å². The summed E-state index contributed by atoms with van der Waals surface area (Å²) in [5, 5.41) is 40.6. The summed E-state index contributed by atoms with van der Waals surface area (Å²) >= 11 is 0. The van der Waals surface area contributed by atoms with Crippen molar-refractivity contribution in [1.29, 1.82) is 0 Å². The van der Waals surface area contributed by atoms with Gasteiger partial charge in [-0.3, -0.25) is 0 Å². The van der Waals surface area contributed by atoms with Crippen molar-refractivity contribution >= 4 is 10.9 Å². The fourth-order valence-corrected chi connectivity index (χ4v) is 3.84. The molecule has 0 unspecified atom stereocenters. The average Bonchev–Trinajstić information content (AvgIpc) is 3.18. The monoisotopic (exact) mass is 413 g/mol. The van der Waals surface area contributed by atoms with Crippen LogP contribution in [0.2, 0.25) is 0 Å². The van der Waals surface area contributed by atoms with Crippen molar-refractivity contribution in [2.75, 3.05) is 6.61 Å². The Labute approximate surface area is 174 Å². The topological polar surface area (TPSA) is 115 Å². The Morgan fingerprint density at radius 3 is 2.47 bits per heavy atom. The fourth-order valence-electron chi connectivity index (χ4n) is 3.84. The minimum atomic E-state index is -1.48. The number of ether oxygens (including phenoxy) is 2. The zero-order valence-electron chi connectivity index (χ0n) is 16.7. The lowest BCUT2D eigenvalue weighted by molar-refractivity contribution is -0.277. The van der Waals surface area contributed by atoms with E-state index in [0.717, 1.165) is 29.3 Å². The van der Waals surface area contributed by atoms with Crippen LogP contribution in [0.3, 0.4) is 0 Å². The molecule has 4 rings (SSSR count). The highest BCUT2D eigenvalue weighted by Crippen LogP contribution is 2.32. The highest BCUT2D eigenvalue weighted by Gasteiger charge is 2.44. The Kier molecular flexibility index (Phi) is 6.08. The molecule has 0 bridgehead atoms. The normalized spacial score (nSPS) is 26.8. The summed E-state index contributed by atoms with van der Waals surface area (Å²) in [5.74, 6) is 0.497. The van der Waals surface area contributed by atoms with Gasteiger partial charge in [0.05, 0.1) is 6.61 Å². The summed E-state index contributed by atoms with van der Waals surface area (Å²) in [6.45, 7) is 1.56. The third-order valence-electron chi connectivity index (χ3n) is 5.64. The maximum absolute atomic E-state index is 10.3. The number of hydrogen-bond donors (Lipinski definition) is 5. The lowest BCUT2D eigenvalue weighted by Gasteiger charge is -2.39. The molecule has 0 aliphatic carbocycles. The first-order valence-corrected chi connectivity index (χ1v) is 10.1. The second-order valence-corrected chi connectivity index (χ2v) is 7.79. The summed E-state index contributed by atoms with van der Waals surface area (Å²) in [6, 6.07) is 14.0. The zero-order valence-corrected chi connectivity index (χ0v) is 16.7. The van der Waals surface area contributed by atoms with Crippen LogP contribution in [0.25, 0.3) is 10.9 Å². The van der Waals surface area contributed by atoms with Crippen molar-refractivity contribution in [3.05, 3.63) is 65.4 Å². The van der Waals surface area contributed by atoms with Gasteiger partial charge in [-0.05, 0) is 43.0 Å². The smallest absolute Gasteiger partial charge is 0.229 e. The Bertz CT molecular complexity index is 983. The van der Waals surface area contributed by atoms with Gasteiger partial charge in [-0.2, -0.15) is 0 Å². The van der Waals surface area contributed by atoms with E-state index in [9.17, 15) is 20.4 Å². The number of nitrogens with one attached hydrogen (secondary N) is 1. The van der Waals surface area contributed by atoms with Crippen LogP contribution in [0, 0.1) is 6.92 Å². The van der Waals surface area contributed by atoms with Crippen molar-refractivity contribution in [3.63, 3.8) is 0 Å². The van der Waals surface area contributed by atoms with E-state index in [-0.39, 0.29) is 0 Å². The lowest BCUT2D eigenvalue weighted by atomic mass is 9.99. The van der Waals surface area contributed by atoms with E-state index in [1.54, 1.807) is 6.07 Å². The van der Waals surface area contributed by atoms with Gasteiger partial charge in [-0.15, -0.1) is 0 Å². The van der Waals surface area contributed by atoms with Crippen LogP contribution >= 0.6 is 0 Å². The summed E-state index contributed by atoms with van der Waals surface area (Å²) in [4.78, 5) is 3.25. The molecule has 5 N–H and O–H groups in total. The van der Waals surface area contributed by atoms with Gasteiger partial charge in [0.25, 0.3) is 0 Å². The zero-order chi connectivity index (χ0) is 21.3. The van der Waals surface area contributed by atoms with Crippen LogP contribution in [0.15, 0.2) is 48.7 Å². The van der Waals surface area contributed by atoms with Crippen LogP contribution in [0.5, 0.6) is 5.75 Å². The minimum Gasteiger partial charge on any atom is -0.461 e. The minimum absolute atomic E-state index is 0.497. The van der Waals surface area contributed by atoms with Crippen LogP contribution in [0.4, 0.5) is 0 Å². The molecule has 160 valence electrons. The molecule has 0 saturated carbocycles. The van der Waals surface area contributed by atoms with E-state index in [0.29, 0.717) is 5.75 Å². The van der Waals surface area contributed by atoms with Crippen LogP contribution in [-0.2, 0) is 17.6 Å². The molecule has 7 heteroatoms. The summed E-state index contributed by atoms with van der Waals surface area (Å²) in [6.07, 6.45) is -2.98. The van der Waals surface area contributed by atoms with Gasteiger partial charge in [0.1, 0.15) is 30.2 Å². The molecule has 1 fully saturated rings. The van der Waals surface area contributed by atoms with E-state index in [1.165, 1.54) is 11.1 Å². The number of hydrogen-bond acceptors (Lipinski definition) is 6. The molecule has 1 saturated heterocycles. The Balaban J connectivity index is 1.57. The Hall–Kier alpha value is -2.42. The molecule has 5 atom stereocenters. The summed E-state index contributed by atoms with van der Waals surface area (Å²) in [5.41, 5.74) is 4.41. The number of rotatable bonds is 6. The number of aromatic amines is 1. The molecule has 3 aromatic rings. The van der Waals surface area contributed by atoms with Gasteiger partial charge in [0, 0.05) is 17.1 Å². The molecule has 1 aromatic heterocycles. The maximum Gasteiger partial charge on any atom is 0.229 e. The van der Waals surface area contributed by atoms with Crippen LogP contribution in [0.1, 0.15) is 16.7 Å². The predicted octanol–water partition coefficient (Wildman–Crippen LogP) is 1.44. The molecule has 1 aliphatic heterocycles. The van der Waals surface area contributed by atoms with Gasteiger partial charge < -0.3 is 34.9 Å². The molecule has 2 aromatic carbocycles. The largest absolute Gasteiger partial charge is 0.461 e. The first-order valence-electron chi connectivity index (χ1n) is 10.1. The molecular formula is C23H27NO6. The Morgan fingerprint density at radius 1 is 0.967 bits per heavy atom. The molecule has 0 radical (unpaired) electrons. The van der Waals surface area contributed by atoms with E-state index in [2.05, 4.69) is 36.2 Å². The van der Waals surface area contributed by atoms with E-state index in [4.69, 9.17) is 9.47 Å². The number of aromatic nitrogens is 1. The van der Waals surface area contributed by atoms with Gasteiger partial charge in [0.2, 0.25) is 6.29 Å². The number of benzene rings is 2. The standard InChI is InChI=1S/C23H27NO6/c1-13-5-7-14(8-6-13)9-10-15-11-24-16-3-2-4-17(19(15)16)29-23-22(28)21(27)20(26)18(12-25)30-23/h2-8,11,18,20-28H,9-10,12H2,1H3/t18-,20-,21+,22-,23-/m1/s1. The number of fused-ring (bicyclic) bond motifs is 1. The first-order chi connectivity index (χ1) is 14.5. The average molecular weight is 413 g/mol. The van der Waals surface area contributed by atoms with Crippen molar-refractivity contribution in [2.24, 2.45) is 0 Å². The van der Waals surface area contributed by atoms with Crippen molar-refractivity contribution in [1.82, 2.24) is 4.98 Å². The lowest BCUT2D eigenvalue weighted by Crippen LogP contribution is -2.60. The van der Waals surface area contributed by atoms with Crippen LogP contribution < -0.4 is 4.74 Å². The third kappa shape index (κ3) is 4.08.